The van der Waals surface area contributed by atoms with Gasteiger partial charge in [-0.3, -0.25) is 0 Å². The summed E-state index contributed by atoms with van der Waals surface area (Å²) in [6, 6.07) is 11.1. The lowest BCUT2D eigenvalue weighted by Crippen LogP contribution is -2.24. The Balaban J connectivity index is 2.53. The topological polar surface area (TPSA) is 32.3 Å². The van der Waals surface area contributed by atoms with Crippen LogP contribution in [0, 0.1) is 13.8 Å². The zero-order valence-corrected chi connectivity index (χ0v) is 17.6. The number of phenolic OH excluding ortho intramolecular Hbond substituents is 1. The van der Waals surface area contributed by atoms with Crippen molar-refractivity contribution in [2.45, 2.75) is 59.9 Å². The molecule has 0 amide bonds. The molecule has 2 nitrogen and oxygen atoms in total. The van der Waals surface area contributed by atoms with Crippen molar-refractivity contribution in [2.75, 3.05) is 6.54 Å². The number of phenols is 1. The third-order valence-electron chi connectivity index (χ3n) is 4.60. The van der Waals surface area contributed by atoms with Gasteiger partial charge in [0, 0.05) is 16.9 Å². The fraction of sp³-hybridized carbons (Fsp3) is 0.455. The highest BCUT2D eigenvalue weighted by molar-refractivity contribution is 7.56. The van der Waals surface area contributed by atoms with Gasteiger partial charge in [-0.25, -0.2) is 0 Å². The first-order valence-electron chi connectivity index (χ1n) is 9.09. The van der Waals surface area contributed by atoms with E-state index < -0.39 is 0 Å². The van der Waals surface area contributed by atoms with Crippen molar-refractivity contribution < 1.29 is 5.11 Å². The summed E-state index contributed by atoms with van der Waals surface area (Å²) in [5.74, 6) is 0.460. The number of hydrogen-bond acceptors (Lipinski definition) is 2. The maximum absolute atomic E-state index is 10.9. The standard InChI is InChI=1S/C22H32NOP/c1-8-23-16(4)17-11-9-10-15(3)21(17)25-19-13-14(2)12-18(20(19)24)22(5,6)7/h9-13,16,23-25H,8H2,1-7H3. The Kier molecular flexibility index (Phi) is 6.30. The molecule has 2 unspecified atom stereocenters. The normalized spacial score (nSPS) is 13.6. The predicted octanol–water partition coefficient (Wildman–Crippen LogP) is 4.61. The summed E-state index contributed by atoms with van der Waals surface area (Å²) in [5.41, 5.74) is 4.79. The Morgan fingerprint density at radius 3 is 2.44 bits per heavy atom. The van der Waals surface area contributed by atoms with E-state index in [1.54, 1.807) is 0 Å². The first-order chi connectivity index (χ1) is 11.6. The van der Waals surface area contributed by atoms with Gasteiger partial charge >= 0.3 is 0 Å². The molecule has 136 valence electrons. The molecule has 3 heteroatoms. The minimum absolute atomic E-state index is 0.0685. The van der Waals surface area contributed by atoms with E-state index in [0.717, 1.165) is 17.4 Å². The number of rotatable bonds is 5. The van der Waals surface area contributed by atoms with Gasteiger partial charge in [0.25, 0.3) is 0 Å². The lowest BCUT2D eigenvalue weighted by Gasteiger charge is -2.24. The summed E-state index contributed by atoms with van der Waals surface area (Å²) in [5, 5.41) is 16.8. The minimum atomic E-state index is -0.0685. The van der Waals surface area contributed by atoms with Crippen LogP contribution in [0.15, 0.2) is 30.3 Å². The van der Waals surface area contributed by atoms with Crippen molar-refractivity contribution in [1.29, 1.82) is 0 Å². The van der Waals surface area contributed by atoms with Crippen LogP contribution in [-0.4, -0.2) is 11.7 Å². The lowest BCUT2D eigenvalue weighted by molar-refractivity contribution is 0.450. The molecule has 0 aliphatic heterocycles. The zero-order chi connectivity index (χ0) is 18.8. The van der Waals surface area contributed by atoms with Crippen LogP contribution >= 0.6 is 8.58 Å². The number of benzene rings is 2. The van der Waals surface area contributed by atoms with E-state index in [1.807, 2.05) is 0 Å². The maximum Gasteiger partial charge on any atom is 0.127 e. The summed E-state index contributed by atoms with van der Waals surface area (Å²) < 4.78 is 0. The average molecular weight is 357 g/mol. The van der Waals surface area contributed by atoms with E-state index in [-0.39, 0.29) is 5.41 Å². The fourth-order valence-corrected chi connectivity index (χ4v) is 4.77. The average Bonchev–Trinajstić information content (AvgIpc) is 2.51. The van der Waals surface area contributed by atoms with Gasteiger partial charge in [0.15, 0.2) is 0 Å². The van der Waals surface area contributed by atoms with Gasteiger partial charge < -0.3 is 10.4 Å². The summed E-state index contributed by atoms with van der Waals surface area (Å²) in [7, 11) is 0.452. The molecule has 0 aliphatic rings. The van der Waals surface area contributed by atoms with E-state index in [1.165, 1.54) is 22.0 Å². The second-order valence-electron chi connectivity index (χ2n) is 7.90. The van der Waals surface area contributed by atoms with E-state index in [4.69, 9.17) is 0 Å². The molecule has 2 N–H and O–H groups in total. The minimum Gasteiger partial charge on any atom is -0.507 e. The van der Waals surface area contributed by atoms with Crippen LogP contribution in [0.4, 0.5) is 0 Å². The molecule has 2 aromatic carbocycles. The molecule has 2 rings (SSSR count). The monoisotopic (exact) mass is 357 g/mol. The molecule has 2 aromatic rings. The molecular weight excluding hydrogens is 325 g/mol. The number of aryl methyl sites for hydroxylation is 2. The van der Waals surface area contributed by atoms with E-state index in [0.29, 0.717) is 20.4 Å². The quantitative estimate of drug-likeness (QED) is 0.766. The fourth-order valence-electron chi connectivity index (χ4n) is 3.22. The Bertz CT molecular complexity index is 746. The number of aromatic hydroxyl groups is 1. The third-order valence-corrected chi connectivity index (χ3v) is 6.19. The summed E-state index contributed by atoms with van der Waals surface area (Å²) >= 11 is 0. The Labute approximate surface area is 154 Å². The van der Waals surface area contributed by atoms with Crippen LogP contribution < -0.4 is 15.9 Å². The van der Waals surface area contributed by atoms with E-state index >= 15 is 0 Å². The van der Waals surface area contributed by atoms with Gasteiger partial charge in [0.05, 0.1) is 0 Å². The van der Waals surface area contributed by atoms with Crippen molar-refractivity contribution in [3.63, 3.8) is 0 Å². The molecule has 0 spiro atoms. The van der Waals surface area contributed by atoms with Crippen LogP contribution in [0.25, 0.3) is 0 Å². The largest absolute Gasteiger partial charge is 0.507 e. The van der Waals surface area contributed by atoms with Gasteiger partial charge in [0.1, 0.15) is 5.75 Å². The Morgan fingerprint density at radius 2 is 1.84 bits per heavy atom. The number of hydrogen-bond donors (Lipinski definition) is 2. The van der Waals surface area contributed by atoms with E-state index in [9.17, 15) is 5.11 Å². The third kappa shape index (κ3) is 4.63. The van der Waals surface area contributed by atoms with E-state index in [2.05, 4.69) is 84.1 Å². The first kappa shape index (κ1) is 19.9. The van der Waals surface area contributed by atoms with Gasteiger partial charge in [-0.2, -0.15) is 0 Å². The smallest absolute Gasteiger partial charge is 0.127 e. The van der Waals surface area contributed by atoms with Crippen molar-refractivity contribution in [3.05, 3.63) is 52.6 Å². The second-order valence-corrected chi connectivity index (χ2v) is 9.19. The Hall–Kier alpha value is -1.37. The molecule has 0 aromatic heterocycles. The second kappa shape index (κ2) is 7.89. The van der Waals surface area contributed by atoms with Crippen LogP contribution in [0.5, 0.6) is 5.75 Å². The van der Waals surface area contributed by atoms with Crippen LogP contribution in [0.2, 0.25) is 0 Å². The molecule has 0 fully saturated rings. The summed E-state index contributed by atoms with van der Waals surface area (Å²) in [4.78, 5) is 0. The predicted molar refractivity (Wildman–Crippen MR) is 112 cm³/mol. The maximum atomic E-state index is 10.9. The highest BCUT2D eigenvalue weighted by Gasteiger charge is 2.22. The van der Waals surface area contributed by atoms with Crippen LogP contribution in [0.3, 0.4) is 0 Å². The number of nitrogens with one attached hydrogen (secondary N) is 1. The Morgan fingerprint density at radius 1 is 1.16 bits per heavy atom. The lowest BCUT2D eigenvalue weighted by atomic mass is 9.85. The zero-order valence-electron chi connectivity index (χ0n) is 16.6. The van der Waals surface area contributed by atoms with Gasteiger partial charge in [-0.1, -0.05) is 60.5 Å². The summed E-state index contributed by atoms with van der Waals surface area (Å²) in [6.07, 6.45) is 0. The highest BCUT2D eigenvalue weighted by atomic mass is 31.1. The van der Waals surface area contributed by atoms with Gasteiger partial charge in [-0.15, -0.1) is 0 Å². The first-order valence-corrected chi connectivity index (χ1v) is 10.1. The SMILES string of the molecule is CCNC(C)c1cccc(C)c1Pc1cc(C)cc(C(C)(C)C)c1O. The molecule has 0 saturated heterocycles. The molecule has 0 saturated carbocycles. The van der Waals surface area contributed by atoms with Crippen LogP contribution in [-0.2, 0) is 5.41 Å². The van der Waals surface area contributed by atoms with Crippen LogP contribution in [0.1, 0.15) is 62.9 Å². The molecule has 25 heavy (non-hydrogen) atoms. The van der Waals surface area contributed by atoms with Gasteiger partial charge in [-0.05, 0) is 60.8 Å². The van der Waals surface area contributed by atoms with Crippen molar-refractivity contribution >= 4 is 19.2 Å². The molecule has 2 atom stereocenters. The molecule has 0 aliphatic carbocycles. The summed E-state index contributed by atoms with van der Waals surface area (Å²) in [6.45, 7) is 16.0. The molecule has 0 radical (unpaired) electrons. The van der Waals surface area contributed by atoms with Gasteiger partial charge in [0.2, 0.25) is 0 Å². The van der Waals surface area contributed by atoms with Crippen molar-refractivity contribution in [2.24, 2.45) is 0 Å². The van der Waals surface area contributed by atoms with Crippen molar-refractivity contribution in [3.8, 4) is 5.75 Å². The molecule has 0 heterocycles. The molecule has 0 bridgehead atoms. The highest BCUT2D eigenvalue weighted by Crippen LogP contribution is 2.34. The van der Waals surface area contributed by atoms with Crippen molar-refractivity contribution in [1.82, 2.24) is 5.32 Å². The molecular formula is C22H32NOP.